The highest BCUT2D eigenvalue weighted by atomic mass is 16.6. The highest BCUT2D eigenvalue weighted by molar-refractivity contribution is 5.95. The van der Waals surface area contributed by atoms with E-state index in [2.05, 4.69) is 26.3 Å². The fourth-order valence-corrected chi connectivity index (χ4v) is 5.08. The molecule has 0 heterocycles. The van der Waals surface area contributed by atoms with Gasteiger partial charge in [-0.25, -0.2) is 19.2 Å². The van der Waals surface area contributed by atoms with E-state index in [0.29, 0.717) is 44.9 Å². The van der Waals surface area contributed by atoms with Crippen LogP contribution in [0.4, 0.5) is 0 Å². The van der Waals surface area contributed by atoms with E-state index in [1.54, 1.807) is 84.9 Å². The molecule has 0 spiro atoms. The fourth-order valence-electron chi connectivity index (χ4n) is 5.08. The molecule has 0 bridgehead atoms. The lowest BCUT2D eigenvalue weighted by molar-refractivity contribution is -0.131. The molecule has 0 aromatic heterocycles. The zero-order chi connectivity index (χ0) is 40.8. The van der Waals surface area contributed by atoms with Crippen LogP contribution in [0.3, 0.4) is 0 Å². The number of esters is 4. The average Bonchev–Trinajstić information content (AvgIpc) is 3.19. The lowest BCUT2D eigenvalue weighted by Gasteiger charge is -2.17. The number of rotatable bonds is 19. The zero-order valence-electron chi connectivity index (χ0n) is 31.6. The molecule has 12 heteroatoms. The standard InChI is InChI=1S/C44H42O12/c1-27(23-49-5)41(45)53-35-15-9-31(10-16-35)33-13-19-37(39(21-33)55-43(47)29(3)25-51-7)38-20-14-34(22-40(38)56-44(48)30(4)26-52-8)32-11-17-36(18-12-32)54-42(46)28(2)24-50-6/h9-22H,1-4,23-26H2,5-8H3. The van der Waals surface area contributed by atoms with E-state index >= 15 is 0 Å². The Labute approximate surface area is 325 Å². The van der Waals surface area contributed by atoms with Gasteiger partial charge in [0.05, 0.1) is 48.7 Å². The number of carbonyl (C=O) groups is 4. The summed E-state index contributed by atoms with van der Waals surface area (Å²) in [5.74, 6) is -1.88. The lowest BCUT2D eigenvalue weighted by Crippen LogP contribution is -2.15. The van der Waals surface area contributed by atoms with Gasteiger partial charge in [-0.3, -0.25) is 0 Å². The molecule has 0 saturated carbocycles. The topological polar surface area (TPSA) is 142 Å². The summed E-state index contributed by atoms with van der Waals surface area (Å²) in [5, 5.41) is 0. The molecule has 0 radical (unpaired) electrons. The summed E-state index contributed by atoms with van der Waals surface area (Å²) in [6, 6.07) is 23.7. The Balaban J connectivity index is 1.77. The van der Waals surface area contributed by atoms with Crippen LogP contribution in [0, 0.1) is 0 Å². The molecule has 0 atom stereocenters. The second-order valence-electron chi connectivity index (χ2n) is 12.2. The van der Waals surface area contributed by atoms with Crippen LogP contribution in [0.25, 0.3) is 33.4 Å². The Bertz CT molecular complexity index is 1980. The number of hydrogen-bond donors (Lipinski definition) is 0. The van der Waals surface area contributed by atoms with Gasteiger partial charge < -0.3 is 37.9 Å². The summed E-state index contributed by atoms with van der Waals surface area (Å²) in [4.78, 5) is 51.0. The minimum atomic E-state index is -0.737. The van der Waals surface area contributed by atoms with Crippen molar-refractivity contribution in [3.8, 4) is 56.4 Å². The Hall–Kier alpha value is -6.44. The second-order valence-corrected chi connectivity index (χ2v) is 12.2. The number of methoxy groups -OCH3 is 4. The molecule has 0 aliphatic heterocycles. The predicted molar refractivity (Wildman–Crippen MR) is 209 cm³/mol. The van der Waals surface area contributed by atoms with Crippen molar-refractivity contribution in [1.82, 2.24) is 0 Å². The average molecular weight is 763 g/mol. The van der Waals surface area contributed by atoms with Gasteiger partial charge in [0.2, 0.25) is 0 Å². The van der Waals surface area contributed by atoms with Crippen LogP contribution in [0.5, 0.6) is 23.0 Å². The number of ether oxygens (including phenoxy) is 8. The van der Waals surface area contributed by atoms with Crippen molar-refractivity contribution in [2.45, 2.75) is 0 Å². The molecular weight excluding hydrogens is 720 g/mol. The molecule has 4 aromatic carbocycles. The van der Waals surface area contributed by atoms with E-state index in [0.717, 1.165) is 0 Å². The maximum atomic E-state index is 13.2. The SMILES string of the molecule is C=C(COC)C(=O)Oc1ccc(-c2ccc(-c3ccc(-c4ccc(OC(=O)C(=C)COC)cc4)cc3OC(=O)C(=C)COC)c(OC(=O)C(=C)COC)c2)cc1. The smallest absolute Gasteiger partial charge is 0.341 e. The highest BCUT2D eigenvalue weighted by Crippen LogP contribution is 2.42. The first-order valence-electron chi connectivity index (χ1n) is 16.9. The predicted octanol–water partition coefficient (Wildman–Crippen LogP) is 7.12. The third-order valence-corrected chi connectivity index (χ3v) is 7.88. The Kier molecular flexibility index (Phi) is 15.3. The second kappa shape index (κ2) is 20.3. The van der Waals surface area contributed by atoms with Gasteiger partial charge in [0, 0.05) is 39.6 Å². The Morgan fingerprint density at radius 3 is 0.946 bits per heavy atom. The molecule has 290 valence electrons. The first kappa shape index (κ1) is 42.3. The number of carbonyl (C=O) groups excluding carboxylic acids is 4. The van der Waals surface area contributed by atoms with Gasteiger partial charge in [0.25, 0.3) is 0 Å². The summed E-state index contributed by atoms with van der Waals surface area (Å²) in [6.07, 6.45) is 0. The molecule has 0 aliphatic rings. The third-order valence-electron chi connectivity index (χ3n) is 7.88. The minimum Gasteiger partial charge on any atom is -0.423 e. The Morgan fingerprint density at radius 1 is 0.393 bits per heavy atom. The van der Waals surface area contributed by atoms with Crippen LogP contribution < -0.4 is 18.9 Å². The van der Waals surface area contributed by atoms with Crippen molar-refractivity contribution < 1.29 is 57.1 Å². The van der Waals surface area contributed by atoms with E-state index in [-0.39, 0.29) is 60.2 Å². The van der Waals surface area contributed by atoms with Crippen LogP contribution in [0.2, 0.25) is 0 Å². The molecule has 0 unspecified atom stereocenters. The van der Waals surface area contributed by atoms with Crippen LogP contribution in [0.1, 0.15) is 0 Å². The summed E-state index contributed by atoms with van der Waals surface area (Å²) in [5.41, 5.74) is 3.97. The van der Waals surface area contributed by atoms with Crippen LogP contribution >= 0.6 is 0 Å². The van der Waals surface area contributed by atoms with Crippen molar-refractivity contribution in [2.24, 2.45) is 0 Å². The molecule has 56 heavy (non-hydrogen) atoms. The molecule has 0 aliphatic carbocycles. The molecule has 0 fully saturated rings. The van der Waals surface area contributed by atoms with Gasteiger partial charge in [-0.15, -0.1) is 0 Å². The lowest BCUT2D eigenvalue weighted by atomic mass is 9.96. The summed E-state index contributed by atoms with van der Waals surface area (Å²) >= 11 is 0. The van der Waals surface area contributed by atoms with Crippen molar-refractivity contribution in [2.75, 3.05) is 54.9 Å². The maximum absolute atomic E-state index is 13.2. The van der Waals surface area contributed by atoms with E-state index in [4.69, 9.17) is 37.9 Å². The summed E-state index contributed by atoms with van der Waals surface area (Å²) in [7, 11) is 5.76. The van der Waals surface area contributed by atoms with Crippen molar-refractivity contribution in [1.29, 1.82) is 0 Å². The van der Waals surface area contributed by atoms with Gasteiger partial charge >= 0.3 is 23.9 Å². The third kappa shape index (κ3) is 11.3. The largest absolute Gasteiger partial charge is 0.423 e. The first-order chi connectivity index (χ1) is 26.9. The molecule has 0 saturated heterocycles. The highest BCUT2D eigenvalue weighted by Gasteiger charge is 2.21. The summed E-state index contributed by atoms with van der Waals surface area (Å²) in [6.45, 7) is 14.8. The number of benzene rings is 4. The maximum Gasteiger partial charge on any atom is 0.341 e. The van der Waals surface area contributed by atoms with E-state index < -0.39 is 23.9 Å². The molecule has 0 N–H and O–H groups in total. The van der Waals surface area contributed by atoms with Gasteiger partial charge in [-0.2, -0.15) is 0 Å². The molecule has 4 aromatic rings. The normalized spacial score (nSPS) is 10.6. The first-order valence-corrected chi connectivity index (χ1v) is 16.9. The van der Waals surface area contributed by atoms with Crippen LogP contribution in [-0.4, -0.2) is 78.7 Å². The van der Waals surface area contributed by atoms with Crippen molar-refractivity contribution >= 4 is 23.9 Å². The van der Waals surface area contributed by atoms with Gasteiger partial charge in [0.1, 0.15) is 23.0 Å². The van der Waals surface area contributed by atoms with Gasteiger partial charge in [0.15, 0.2) is 0 Å². The van der Waals surface area contributed by atoms with Gasteiger partial charge in [-0.1, -0.05) is 62.7 Å². The van der Waals surface area contributed by atoms with Crippen molar-refractivity contribution in [3.05, 3.63) is 134 Å². The van der Waals surface area contributed by atoms with E-state index in [1.165, 1.54) is 28.4 Å². The van der Waals surface area contributed by atoms with Gasteiger partial charge in [-0.05, 0) is 70.8 Å². The van der Waals surface area contributed by atoms with Crippen LogP contribution in [0.15, 0.2) is 134 Å². The molecule has 12 nitrogen and oxygen atoms in total. The number of hydrogen-bond acceptors (Lipinski definition) is 12. The monoisotopic (exact) mass is 762 g/mol. The van der Waals surface area contributed by atoms with E-state index in [9.17, 15) is 19.2 Å². The fraction of sp³-hybridized carbons (Fsp3) is 0.182. The van der Waals surface area contributed by atoms with Crippen LogP contribution in [-0.2, 0) is 38.1 Å². The Morgan fingerprint density at radius 2 is 0.661 bits per heavy atom. The van der Waals surface area contributed by atoms with Crippen molar-refractivity contribution in [3.63, 3.8) is 0 Å². The quantitative estimate of drug-likeness (QED) is 0.0546. The molecular formula is C44H42O12. The minimum absolute atomic E-state index is 0.0336. The summed E-state index contributed by atoms with van der Waals surface area (Å²) < 4.78 is 42.6. The van der Waals surface area contributed by atoms with E-state index in [1.807, 2.05) is 0 Å². The molecule has 4 rings (SSSR count). The zero-order valence-corrected chi connectivity index (χ0v) is 31.6. The molecule has 0 amide bonds.